The molecule has 0 aliphatic rings. The van der Waals surface area contributed by atoms with Gasteiger partial charge in [-0.1, -0.05) is 0 Å². The van der Waals surface area contributed by atoms with E-state index >= 15 is 0 Å². The molecule has 0 aromatic rings. The fourth-order valence-corrected chi connectivity index (χ4v) is 0.927. The lowest BCUT2D eigenvalue weighted by Crippen LogP contribution is -2.46. The standard InChI is InChI=1S/C7H9ClF3NO2/c1-4(5(13)3-8)12(2)6(14)7(9,10)11/h4H,3H2,1-2H3. The number of likely N-dealkylation sites (N-methyl/N-ethyl adjacent to an activating group) is 1. The molecule has 0 radical (unpaired) electrons. The summed E-state index contributed by atoms with van der Waals surface area (Å²) in [7, 11) is 0.908. The van der Waals surface area contributed by atoms with Crippen LogP contribution in [0.3, 0.4) is 0 Å². The minimum atomic E-state index is -4.96. The number of Topliss-reactive ketones (excluding diaryl/α,β-unsaturated/α-hetero) is 1. The summed E-state index contributed by atoms with van der Waals surface area (Å²) in [5.74, 6) is -3.10. The quantitative estimate of drug-likeness (QED) is 0.685. The molecule has 0 rings (SSSR count). The second kappa shape index (κ2) is 4.63. The van der Waals surface area contributed by atoms with Crippen molar-refractivity contribution in [3.8, 4) is 0 Å². The first kappa shape index (κ1) is 13.2. The highest BCUT2D eigenvalue weighted by Crippen LogP contribution is 2.19. The largest absolute Gasteiger partial charge is 0.471 e. The van der Waals surface area contributed by atoms with Gasteiger partial charge in [0.15, 0.2) is 5.78 Å². The van der Waals surface area contributed by atoms with E-state index in [1.807, 2.05) is 0 Å². The number of hydrogen-bond acceptors (Lipinski definition) is 2. The van der Waals surface area contributed by atoms with Crippen LogP contribution in [-0.2, 0) is 9.59 Å². The van der Waals surface area contributed by atoms with Gasteiger partial charge in [-0.05, 0) is 6.92 Å². The molecule has 7 heteroatoms. The van der Waals surface area contributed by atoms with Gasteiger partial charge < -0.3 is 4.90 Å². The molecule has 0 heterocycles. The molecule has 0 aromatic carbocycles. The van der Waals surface area contributed by atoms with Crippen LogP contribution < -0.4 is 0 Å². The summed E-state index contributed by atoms with van der Waals surface area (Å²) in [4.78, 5) is 21.8. The Morgan fingerprint density at radius 3 is 2.14 bits per heavy atom. The maximum atomic E-state index is 11.9. The second-order valence-corrected chi connectivity index (χ2v) is 2.96. The average molecular weight is 232 g/mol. The van der Waals surface area contributed by atoms with E-state index in [1.165, 1.54) is 6.92 Å². The van der Waals surface area contributed by atoms with E-state index < -0.39 is 29.8 Å². The number of halogens is 4. The smallest absolute Gasteiger partial charge is 0.328 e. The van der Waals surface area contributed by atoms with Crippen LogP contribution in [0.15, 0.2) is 0 Å². The number of amides is 1. The monoisotopic (exact) mass is 231 g/mol. The molecule has 0 N–H and O–H groups in total. The summed E-state index contributed by atoms with van der Waals surface area (Å²) in [6.07, 6.45) is -4.96. The first-order chi connectivity index (χ1) is 6.21. The molecule has 14 heavy (non-hydrogen) atoms. The van der Waals surface area contributed by atoms with Crippen molar-refractivity contribution in [3.63, 3.8) is 0 Å². The van der Waals surface area contributed by atoms with E-state index in [9.17, 15) is 22.8 Å². The van der Waals surface area contributed by atoms with Gasteiger partial charge in [0.1, 0.15) is 0 Å². The van der Waals surface area contributed by atoms with Crippen LogP contribution in [0, 0.1) is 0 Å². The summed E-state index contributed by atoms with van der Waals surface area (Å²) in [6, 6.07) is -1.17. The van der Waals surface area contributed by atoms with Crippen molar-refractivity contribution in [2.24, 2.45) is 0 Å². The van der Waals surface area contributed by atoms with Crippen LogP contribution in [0.25, 0.3) is 0 Å². The molecule has 1 unspecified atom stereocenters. The van der Waals surface area contributed by atoms with E-state index in [2.05, 4.69) is 0 Å². The molecular weight excluding hydrogens is 223 g/mol. The normalized spacial score (nSPS) is 13.6. The van der Waals surface area contributed by atoms with Crippen molar-refractivity contribution < 1.29 is 22.8 Å². The van der Waals surface area contributed by atoms with E-state index in [-0.39, 0.29) is 0 Å². The molecule has 0 aliphatic carbocycles. The average Bonchev–Trinajstić information content (AvgIpc) is 2.11. The zero-order valence-electron chi connectivity index (χ0n) is 7.56. The second-order valence-electron chi connectivity index (χ2n) is 2.69. The third kappa shape index (κ3) is 3.17. The van der Waals surface area contributed by atoms with Gasteiger partial charge in [-0.25, -0.2) is 0 Å². The van der Waals surface area contributed by atoms with Crippen LogP contribution in [0.4, 0.5) is 13.2 Å². The van der Waals surface area contributed by atoms with Gasteiger partial charge in [-0.3, -0.25) is 9.59 Å². The van der Waals surface area contributed by atoms with Crippen molar-refractivity contribution in [3.05, 3.63) is 0 Å². The molecule has 82 valence electrons. The van der Waals surface area contributed by atoms with Gasteiger partial charge in [-0.2, -0.15) is 13.2 Å². The summed E-state index contributed by atoms with van der Waals surface area (Å²) < 4.78 is 35.7. The Hall–Kier alpha value is -0.780. The number of rotatable bonds is 3. The van der Waals surface area contributed by atoms with Crippen molar-refractivity contribution >= 4 is 23.3 Å². The Balaban J connectivity index is 4.55. The highest BCUT2D eigenvalue weighted by atomic mass is 35.5. The Kier molecular flexibility index (Phi) is 4.38. The molecular formula is C7H9ClF3NO2. The van der Waals surface area contributed by atoms with E-state index in [4.69, 9.17) is 11.6 Å². The third-order valence-corrected chi connectivity index (χ3v) is 2.00. The Bertz CT molecular complexity index is 242. The van der Waals surface area contributed by atoms with Crippen LogP contribution in [-0.4, -0.2) is 41.7 Å². The van der Waals surface area contributed by atoms with Gasteiger partial charge in [0.2, 0.25) is 0 Å². The molecule has 0 aromatic heterocycles. The van der Waals surface area contributed by atoms with E-state index in [0.717, 1.165) is 7.05 Å². The molecule has 0 saturated heterocycles. The predicted octanol–water partition coefficient (Wildman–Crippen LogP) is 1.20. The van der Waals surface area contributed by atoms with Crippen LogP contribution in [0.5, 0.6) is 0 Å². The summed E-state index contributed by atoms with van der Waals surface area (Å²) in [5.41, 5.74) is 0. The Labute approximate surface area is 83.8 Å². The summed E-state index contributed by atoms with van der Waals surface area (Å²) >= 11 is 5.14. The SMILES string of the molecule is CC(C(=O)CCl)N(C)C(=O)C(F)(F)F. The lowest BCUT2D eigenvalue weighted by molar-refractivity contribution is -0.186. The van der Waals surface area contributed by atoms with Crippen molar-refractivity contribution in [1.82, 2.24) is 4.90 Å². The highest BCUT2D eigenvalue weighted by molar-refractivity contribution is 6.28. The van der Waals surface area contributed by atoms with Gasteiger partial charge in [0, 0.05) is 7.05 Å². The maximum Gasteiger partial charge on any atom is 0.471 e. The minimum absolute atomic E-state index is 0.324. The van der Waals surface area contributed by atoms with Crippen molar-refractivity contribution in [1.29, 1.82) is 0 Å². The molecule has 1 atom stereocenters. The Morgan fingerprint density at radius 1 is 1.43 bits per heavy atom. The van der Waals surface area contributed by atoms with Crippen molar-refractivity contribution in [2.75, 3.05) is 12.9 Å². The van der Waals surface area contributed by atoms with Crippen LogP contribution in [0.2, 0.25) is 0 Å². The molecule has 3 nitrogen and oxygen atoms in total. The lowest BCUT2D eigenvalue weighted by atomic mass is 10.2. The number of alkyl halides is 4. The summed E-state index contributed by atoms with van der Waals surface area (Å²) in [6.45, 7) is 1.19. The zero-order chi connectivity index (χ0) is 11.5. The van der Waals surface area contributed by atoms with Gasteiger partial charge in [0.05, 0.1) is 11.9 Å². The zero-order valence-corrected chi connectivity index (χ0v) is 8.32. The first-order valence-electron chi connectivity index (χ1n) is 3.64. The van der Waals surface area contributed by atoms with Crippen LogP contribution >= 0.6 is 11.6 Å². The van der Waals surface area contributed by atoms with Gasteiger partial charge >= 0.3 is 12.1 Å². The third-order valence-electron chi connectivity index (χ3n) is 1.74. The fourth-order valence-electron chi connectivity index (χ4n) is 0.703. The predicted molar refractivity (Wildman–Crippen MR) is 44.0 cm³/mol. The van der Waals surface area contributed by atoms with E-state index in [1.54, 1.807) is 0 Å². The Morgan fingerprint density at radius 2 is 1.86 bits per heavy atom. The van der Waals surface area contributed by atoms with Gasteiger partial charge in [0.25, 0.3) is 0 Å². The molecule has 0 saturated carbocycles. The number of carbonyl (C=O) groups excluding carboxylic acids is 2. The van der Waals surface area contributed by atoms with Crippen molar-refractivity contribution in [2.45, 2.75) is 19.1 Å². The first-order valence-corrected chi connectivity index (χ1v) is 4.18. The molecule has 0 fully saturated rings. The fraction of sp³-hybridized carbons (Fsp3) is 0.714. The molecule has 1 amide bonds. The summed E-state index contributed by atoms with van der Waals surface area (Å²) in [5, 5.41) is 0. The highest BCUT2D eigenvalue weighted by Gasteiger charge is 2.43. The lowest BCUT2D eigenvalue weighted by Gasteiger charge is -2.23. The number of carbonyl (C=O) groups is 2. The molecule has 0 spiro atoms. The molecule has 0 aliphatic heterocycles. The van der Waals surface area contributed by atoms with E-state index in [0.29, 0.717) is 4.90 Å². The van der Waals surface area contributed by atoms with Crippen LogP contribution in [0.1, 0.15) is 6.92 Å². The van der Waals surface area contributed by atoms with Gasteiger partial charge in [-0.15, -0.1) is 11.6 Å². The number of hydrogen-bond donors (Lipinski definition) is 0. The number of ketones is 1. The molecule has 0 bridgehead atoms. The maximum absolute atomic E-state index is 11.9. The number of nitrogens with zero attached hydrogens (tertiary/aromatic N) is 1. The topological polar surface area (TPSA) is 37.4 Å². The minimum Gasteiger partial charge on any atom is -0.328 e.